The van der Waals surface area contributed by atoms with E-state index in [1.165, 1.54) is 12.8 Å². The number of hydrogen-bond acceptors (Lipinski definition) is 1. The fourth-order valence-corrected chi connectivity index (χ4v) is 1.45. The van der Waals surface area contributed by atoms with E-state index < -0.39 is 0 Å². The van der Waals surface area contributed by atoms with Gasteiger partial charge in [-0.25, -0.2) is 0 Å². The predicted octanol–water partition coefficient (Wildman–Crippen LogP) is 1.04. The molecule has 2 fully saturated rings. The van der Waals surface area contributed by atoms with Crippen LogP contribution in [-0.2, 0) is 4.74 Å². The summed E-state index contributed by atoms with van der Waals surface area (Å²) in [6.45, 7) is 2.12. The molecule has 1 heterocycles. The van der Waals surface area contributed by atoms with E-state index in [4.69, 9.17) is 4.74 Å². The van der Waals surface area contributed by atoms with Gasteiger partial charge in [0.2, 0.25) is 0 Å². The zero-order valence-corrected chi connectivity index (χ0v) is 4.39. The number of fused-ring (bicyclic) bond motifs is 1. The van der Waals surface area contributed by atoms with Gasteiger partial charge in [0, 0.05) is 13.2 Å². The highest BCUT2D eigenvalue weighted by molar-refractivity contribution is 4.84. The second kappa shape index (κ2) is 1.22. The third-order valence-corrected chi connectivity index (χ3v) is 2.24. The summed E-state index contributed by atoms with van der Waals surface area (Å²) in [5, 5.41) is 0. The molecule has 1 heteroatoms. The lowest BCUT2D eigenvalue weighted by Crippen LogP contribution is -2.22. The maximum absolute atomic E-state index is 5.23. The smallest absolute Gasteiger partial charge is 0.0497 e. The lowest BCUT2D eigenvalue weighted by atomic mass is 9.77. The van der Waals surface area contributed by atoms with Crippen LogP contribution in [0.2, 0.25) is 0 Å². The summed E-state index contributed by atoms with van der Waals surface area (Å²) < 4.78 is 5.23. The Hall–Kier alpha value is -0.0400. The molecule has 7 heavy (non-hydrogen) atoms. The highest BCUT2D eigenvalue weighted by atomic mass is 16.5. The molecule has 2 rings (SSSR count). The second-order valence-electron chi connectivity index (χ2n) is 2.63. The Balaban J connectivity index is 2.03. The van der Waals surface area contributed by atoms with Crippen molar-refractivity contribution in [1.29, 1.82) is 0 Å². The SMILES string of the molecule is C1CC2COCC12. The Kier molecular flexibility index (Phi) is 0.680. The lowest BCUT2D eigenvalue weighted by molar-refractivity contribution is 0.187. The van der Waals surface area contributed by atoms with Gasteiger partial charge in [-0.3, -0.25) is 0 Å². The molecule has 0 aromatic rings. The molecule has 0 radical (unpaired) electrons. The Bertz CT molecular complexity index is 70.2. The molecule has 2 aliphatic rings. The number of ether oxygens (including phenoxy) is 1. The minimum absolute atomic E-state index is 0.972. The van der Waals surface area contributed by atoms with Gasteiger partial charge in [-0.05, 0) is 24.7 Å². The largest absolute Gasteiger partial charge is 0.381 e. The van der Waals surface area contributed by atoms with E-state index in [0.29, 0.717) is 0 Å². The highest BCUT2D eigenvalue weighted by Crippen LogP contribution is 2.38. The summed E-state index contributed by atoms with van der Waals surface area (Å²) in [5.41, 5.74) is 0. The summed E-state index contributed by atoms with van der Waals surface area (Å²) in [7, 11) is 0. The first-order valence-electron chi connectivity index (χ1n) is 3.04. The molecule has 1 aliphatic carbocycles. The van der Waals surface area contributed by atoms with Crippen LogP contribution in [0.3, 0.4) is 0 Å². The van der Waals surface area contributed by atoms with Crippen LogP contribution in [-0.4, -0.2) is 13.2 Å². The molecule has 0 aromatic heterocycles. The Morgan fingerprint density at radius 3 is 1.86 bits per heavy atom. The van der Waals surface area contributed by atoms with E-state index >= 15 is 0 Å². The fourth-order valence-electron chi connectivity index (χ4n) is 1.45. The molecule has 2 atom stereocenters. The highest BCUT2D eigenvalue weighted by Gasteiger charge is 2.35. The van der Waals surface area contributed by atoms with Gasteiger partial charge in [0.1, 0.15) is 0 Å². The Morgan fingerprint density at radius 2 is 1.57 bits per heavy atom. The maximum Gasteiger partial charge on any atom is 0.0497 e. The fraction of sp³-hybridized carbons (Fsp3) is 1.00. The Morgan fingerprint density at radius 1 is 1.00 bits per heavy atom. The zero-order chi connectivity index (χ0) is 4.69. The van der Waals surface area contributed by atoms with E-state index in [-0.39, 0.29) is 0 Å². The lowest BCUT2D eigenvalue weighted by Gasteiger charge is -2.26. The monoisotopic (exact) mass is 98.1 g/mol. The first kappa shape index (κ1) is 3.90. The van der Waals surface area contributed by atoms with Crippen LogP contribution >= 0.6 is 0 Å². The van der Waals surface area contributed by atoms with Crippen LogP contribution in [0.25, 0.3) is 0 Å². The molecule has 0 bridgehead atoms. The Labute approximate surface area is 43.7 Å². The van der Waals surface area contributed by atoms with Gasteiger partial charge in [-0.1, -0.05) is 0 Å². The van der Waals surface area contributed by atoms with Crippen LogP contribution < -0.4 is 0 Å². The molecule has 40 valence electrons. The third-order valence-electron chi connectivity index (χ3n) is 2.24. The van der Waals surface area contributed by atoms with E-state index in [1.807, 2.05) is 0 Å². The van der Waals surface area contributed by atoms with Crippen molar-refractivity contribution in [2.24, 2.45) is 11.8 Å². The average molecular weight is 98.1 g/mol. The molecule has 2 unspecified atom stereocenters. The normalized spacial score (nSPS) is 48.0. The summed E-state index contributed by atoms with van der Waals surface area (Å²) in [5.74, 6) is 1.94. The first-order chi connectivity index (χ1) is 3.47. The third kappa shape index (κ3) is 0.418. The van der Waals surface area contributed by atoms with Crippen molar-refractivity contribution in [3.8, 4) is 0 Å². The van der Waals surface area contributed by atoms with Crippen molar-refractivity contribution in [3.05, 3.63) is 0 Å². The standard InChI is InChI=1S/C6H10O/c1-2-6-4-7-3-5(1)6/h5-6H,1-4H2. The molecule has 1 aliphatic heterocycles. The van der Waals surface area contributed by atoms with Crippen molar-refractivity contribution >= 4 is 0 Å². The van der Waals surface area contributed by atoms with Crippen molar-refractivity contribution in [3.63, 3.8) is 0 Å². The van der Waals surface area contributed by atoms with Crippen LogP contribution in [0.15, 0.2) is 0 Å². The van der Waals surface area contributed by atoms with Crippen LogP contribution in [0.5, 0.6) is 0 Å². The summed E-state index contributed by atoms with van der Waals surface area (Å²) in [6, 6.07) is 0. The summed E-state index contributed by atoms with van der Waals surface area (Å²) in [6.07, 6.45) is 2.87. The minimum Gasteiger partial charge on any atom is -0.381 e. The quantitative estimate of drug-likeness (QED) is 0.440. The molecule has 1 nitrogen and oxygen atoms in total. The van der Waals surface area contributed by atoms with Gasteiger partial charge in [0.25, 0.3) is 0 Å². The maximum atomic E-state index is 5.23. The van der Waals surface area contributed by atoms with E-state index in [0.717, 1.165) is 25.0 Å². The molecule has 0 N–H and O–H groups in total. The van der Waals surface area contributed by atoms with Gasteiger partial charge < -0.3 is 4.74 Å². The molecular weight excluding hydrogens is 88.1 g/mol. The topological polar surface area (TPSA) is 9.23 Å². The van der Waals surface area contributed by atoms with Crippen LogP contribution in [0, 0.1) is 11.8 Å². The van der Waals surface area contributed by atoms with E-state index in [2.05, 4.69) is 0 Å². The molecule has 0 amide bonds. The molecule has 1 saturated carbocycles. The minimum atomic E-state index is 0.972. The molecule has 0 aromatic carbocycles. The van der Waals surface area contributed by atoms with Crippen LogP contribution in [0.4, 0.5) is 0 Å². The second-order valence-corrected chi connectivity index (χ2v) is 2.63. The summed E-state index contributed by atoms with van der Waals surface area (Å²) >= 11 is 0. The molecule has 0 spiro atoms. The number of hydrogen-bond donors (Lipinski definition) is 0. The van der Waals surface area contributed by atoms with Crippen LogP contribution in [0.1, 0.15) is 12.8 Å². The molecule has 1 saturated heterocycles. The van der Waals surface area contributed by atoms with Crippen molar-refractivity contribution in [2.45, 2.75) is 12.8 Å². The number of rotatable bonds is 0. The zero-order valence-electron chi connectivity index (χ0n) is 4.39. The van der Waals surface area contributed by atoms with Gasteiger partial charge in [0.05, 0.1) is 0 Å². The van der Waals surface area contributed by atoms with Gasteiger partial charge in [0.15, 0.2) is 0 Å². The van der Waals surface area contributed by atoms with E-state index in [9.17, 15) is 0 Å². The van der Waals surface area contributed by atoms with Crippen molar-refractivity contribution < 1.29 is 4.74 Å². The predicted molar refractivity (Wildman–Crippen MR) is 27.0 cm³/mol. The van der Waals surface area contributed by atoms with Gasteiger partial charge in [-0.15, -0.1) is 0 Å². The summed E-state index contributed by atoms with van der Waals surface area (Å²) in [4.78, 5) is 0. The average Bonchev–Trinajstić information content (AvgIpc) is 1.85. The van der Waals surface area contributed by atoms with Gasteiger partial charge >= 0.3 is 0 Å². The van der Waals surface area contributed by atoms with Gasteiger partial charge in [-0.2, -0.15) is 0 Å². The van der Waals surface area contributed by atoms with Crippen molar-refractivity contribution in [2.75, 3.05) is 13.2 Å². The first-order valence-corrected chi connectivity index (χ1v) is 3.04. The van der Waals surface area contributed by atoms with Crippen molar-refractivity contribution in [1.82, 2.24) is 0 Å². The van der Waals surface area contributed by atoms with E-state index in [1.54, 1.807) is 0 Å². The molecular formula is C6H10O.